The third-order valence-electron chi connectivity index (χ3n) is 1.96. The molecule has 0 aliphatic rings. The highest BCUT2D eigenvalue weighted by molar-refractivity contribution is 7.82. The molecule has 0 heterocycles. The van der Waals surface area contributed by atoms with Crippen molar-refractivity contribution in [1.29, 1.82) is 0 Å². The Bertz CT molecular complexity index is 546. The standard InChI is InChI=1S/C8H10O14S/c9-1(5(13)14)3(11)7(17)21-23(19,20)22-8(18)4(12)2(10)6(15)16/h1-4,9-12H,(H,13,14)(H,15,16). The van der Waals surface area contributed by atoms with Crippen LogP contribution in [0.2, 0.25) is 0 Å². The Kier molecular flexibility index (Phi) is 7.00. The van der Waals surface area contributed by atoms with Gasteiger partial charge in [0.2, 0.25) is 0 Å². The van der Waals surface area contributed by atoms with Crippen molar-refractivity contribution in [2.45, 2.75) is 24.4 Å². The number of rotatable bonds is 8. The van der Waals surface area contributed by atoms with Gasteiger partial charge in [-0.15, -0.1) is 8.42 Å². The molecule has 14 nitrogen and oxygen atoms in total. The Morgan fingerprint density at radius 2 is 0.913 bits per heavy atom. The van der Waals surface area contributed by atoms with E-state index >= 15 is 0 Å². The normalized spacial score (nSPS) is 16.5. The van der Waals surface area contributed by atoms with Gasteiger partial charge in [-0.25, -0.2) is 19.2 Å². The van der Waals surface area contributed by atoms with Gasteiger partial charge in [0.1, 0.15) is 0 Å². The van der Waals surface area contributed by atoms with Gasteiger partial charge < -0.3 is 39.0 Å². The zero-order valence-electron chi connectivity index (χ0n) is 10.7. The van der Waals surface area contributed by atoms with E-state index in [1.54, 1.807) is 0 Å². The summed E-state index contributed by atoms with van der Waals surface area (Å²) < 4.78 is 29.0. The summed E-state index contributed by atoms with van der Waals surface area (Å²) in [5, 5.41) is 52.0. The van der Waals surface area contributed by atoms with Crippen molar-refractivity contribution in [2.75, 3.05) is 0 Å². The molecule has 0 aliphatic heterocycles. The number of aliphatic hydroxyl groups is 4. The van der Waals surface area contributed by atoms with Crippen molar-refractivity contribution in [3.05, 3.63) is 0 Å². The predicted octanol–water partition coefficient (Wildman–Crippen LogP) is -5.07. The van der Waals surface area contributed by atoms with Gasteiger partial charge in [0.15, 0.2) is 24.4 Å². The summed E-state index contributed by atoms with van der Waals surface area (Å²) in [6, 6.07) is 0. The van der Waals surface area contributed by atoms with Crippen molar-refractivity contribution < 1.29 is 66.6 Å². The summed E-state index contributed by atoms with van der Waals surface area (Å²) in [7, 11) is -5.62. The molecule has 0 bridgehead atoms. The highest BCUT2D eigenvalue weighted by atomic mass is 32.3. The summed E-state index contributed by atoms with van der Waals surface area (Å²) in [6.07, 6.45) is -11.2. The van der Waals surface area contributed by atoms with E-state index in [-0.39, 0.29) is 0 Å². The molecular formula is C8H10O14S. The molecule has 0 amide bonds. The number of aliphatic hydroxyl groups excluding tert-OH is 4. The first kappa shape index (κ1) is 20.7. The summed E-state index contributed by atoms with van der Waals surface area (Å²) >= 11 is 0. The molecule has 4 atom stereocenters. The van der Waals surface area contributed by atoms with Gasteiger partial charge in [-0.3, -0.25) is 0 Å². The first-order chi connectivity index (χ1) is 10.3. The Morgan fingerprint density at radius 1 is 0.652 bits per heavy atom. The van der Waals surface area contributed by atoms with Crippen molar-refractivity contribution in [1.82, 2.24) is 0 Å². The summed E-state index contributed by atoms with van der Waals surface area (Å²) in [6.45, 7) is 0. The fourth-order valence-electron chi connectivity index (χ4n) is 0.845. The number of carbonyl (C=O) groups excluding carboxylic acids is 2. The van der Waals surface area contributed by atoms with Crippen molar-refractivity contribution >= 4 is 34.3 Å². The molecule has 6 N–H and O–H groups in total. The van der Waals surface area contributed by atoms with E-state index in [0.29, 0.717) is 0 Å². The molecule has 4 unspecified atom stereocenters. The van der Waals surface area contributed by atoms with E-state index in [4.69, 9.17) is 30.6 Å². The first-order valence-electron chi connectivity index (χ1n) is 5.19. The van der Waals surface area contributed by atoms with E-state index in [9.17, 15) is 27.6 Å². The lowest BCUT2D eigenvalue weighted by Crippen LogP contribution is -2.43. The highest BCUT2D eigenvalue weighted by Crippen LogP contribution is 2.06. The number of hydrogen-bond donors (Lipinski definition) is 6. The average Bonchev–Trinajstić information content (AvgIpc) is 2.42. The third-order valence-corrected chi connectivity index (χ3v) is 2.69. The summed E-state index contributed by atoms with van der Waals surface area (Å²) in [5.74, 6) is -8.71. The van der Waals surface area contributed by atoms with E-state index in [0.717, 1.165) is 0 Å². The number of carboxylic acid groups (broad SMARTS) is 2. The van der Waals surface area contributed by atoms with E-state index in [2.05, 4.69) is 8.37 Å². The van der Waals surface area contributed by atoms with Crippen molar-refractivity contribution in [2.24, 2.45) is 0 Å². The minimum atomic E-state index is -5.62. The monoisotopic (exact) mass is 362 g/mol. The number of carbonyl (C=O) groups is 4. The second-order valence-corrected chi connectivity index (χ2v) is 4.82. The van der Waals surface area contributed by atoms with Crippen LogP contribution in [-0.2, 0) is 37.9 Å². The lowest BCUT2D eigenvalue weighted by Gasteiger charge is -2.14. The van der Waals surface area contributed by atoms with Crippen LogP contribution in [0.15, 0.2) is 0 Å². The van der Waals surface area contributed by atoms with Crippen LogP contribution < -0.4 is 0 Å². The maximum atomic E-state index is 11.1. The van der Waals surface area contributed by atoms with E-state index in [1.807, 2.05) is 0 Å². The predicted molar refractivity (Wildman–Crippen MR) is 60.4 cm³/mol. The molecule has 0 radical (unpaired) electrons. The molecule has 15 heteroatoms. The second-order valence-electron chi connectivity index (χ2n) is 3.67. The molecule has 0 spiro atoms. The Labute approximate surface area is 126 Å². The van der Waals surface area contributed by atoms with Crippen LogP contribution in [-0.4, -0.2) is 87.4 Å². The molecule has 0 aromatic heterocycles. The molecule has 0 aromatic carbocycles. The van der Waals surface area contributed by atoms with E-state index < -0.39 is 58.7 Å². The van der Waals surface area contributed by atoms with Gasteiger partial charge in [-0.2, -0.15) is 0 Å². The fourth-order valence-corrected chi connectivity index (χ4v) is 1.48. The topological polar surface area (TPSA) is 242 Å². The maximum absolute atomic E-state index is 11.1. The Morgan fingerprint density at radius 3 is 1.13 bits per heavy atom. The molecule has 23 heavy (non-hydrogen) atoms. The van der Waals surface area contributed by atoms with Gasteiger partial charge >= 0.3 is 34.3 Å². The SMILES string of the molecule is O=C(O)C(O)C(O)C(=O)OS(=O)(=O)OC(=O)C(O)C(O)C(=O)O. The van der Waals surface area contributed by atoms with Crippen LogP contribution in [0.1, 0.15) is 0 Å². The van der Waals surface area contributed by atoms with Gasteiger partial charge in [-0.05, 0) is 0 Å². The molecular weight excluding hydrogens is 352 g/mol. The quantitative estimate of drug-likeness (QED) is 0.237. The van der Waals surface area contributed by atoms with Crippen LogP contribution in [0.5, 0.6) is 0 Å². The Balaban J connectivity index is 4.90. The van der Waals surface area contributed by atoms with Crippen LogP contribution in [0, 0.1) is 0 Å². The largest absolute Gasteiger partial charge is 0.506 e. The zero-order valence-corrected chi connectivity index (χ0v) is 11.5. The van der Waals surface area contributed by atoms with Crippen molar-refractivity contribution in [3.63, 3.8) is 0 Å². The van der Waals surface area contributed by atoms with E-state index in [1.165, 1.54) is 0 Å². The summed E-state index contributed by atoms with van der Waals surface area (Å²) in [5.41, 5.74) is 0. The lowest BCUT2D eigenvalue weighted by molar-refractivity contribution is -0.166. The summed E-state index contributed by atoms with van der Waals surface area (Å²) in [4.78, 5) is 42.5. The van der Waals surface area contributed by atoms with Crippen LogP contribution in [0.3, 0.4) is 0 Å². The molecule has 0 fully saturated rings. The number of carboxylic acids is 2. The average molecular weight is 362 g/mol. The smallest absolute Gasteiger partial charge is 0.479 e. The van der Waals surface area contributed by atoms with Crippen molar-refractivity contribution in [3.8, 4) is 0 Å². The minimum Gasteiger partial charge on any atom is -0.479 e. The minimum absolute atomic E-state index is 2.11. The number of aliphatic carboxylic acids is 2. The maximum Gasteiger partial charge on any atom is 0.506 e. The lowest BCUT2D eigenvalue weighted by atomic mass is 10.2. The van der Waals surface area contributed by atoms with Crippen LogP contribution in [0.25, 0.3) is 0 Å². The fraction of sp³-hybridized carbons (Fsp3) is 0.500. The van der Waals surface area contributed by atoms with Crippen LogP contribution in [0.4, 0.5) is 0 Å². The number of hydrogen-bond acceptors (Lipinski definition) is 12. The molecule has 0 aliphatic carbocycles. The molecule has 0 saturated heterocycles. The molecule has 0 aromatic rings. The van der Waals surface area contributed by atoms with Gasteiger partial charge in [0, 0.05) is 0 Å². The Hall–Kier alpha value is -2.33. The molecule has 132 valence electrons. The molecule has 0 rings (SSSR count). The third kappa shape index (κ3) is 6.12. The first-order valence-corrected chi connectivity index (χ1v) is 6.53. The van der Waals surface area contributed by atoms with Gasteiger partial charge in [0.25, 0.3) is 0 Å². The van der Waals surface area contributed by atoms with Crippen LogP contribution >= 0.6 is 0 Å². The highest BCUT2D eigenvalue weighted by Gasteiger charge is 2.38. The molecule has 0 saturated carbocycles. The van der Waals surface area contributed by atoms with Gasteiger partial charge in [-0.1, -0.05) is 0 Å². The second kappa shape index (κ2) is 7.79. The van der Waals surface area contributed by atoms with Gasteiger partial charge in [0.05, 0.1) is 0 Å². The zero-order chi connectivity index (χ0) is 18.5.